The van der Waals surface area contributed by atoms with E-state index in [0.29, 0.717) is 6.54 Å². The van der Waals surface area contributed by atoms with E-state index >= 15 is 0 Å². The minimum Gasteiger partial charge on any atom is -0.394 e. The van der Waals surface area contributed by atoms with Crippen molar-refractivity contribution in [1.29, 1.82) is 0 Å². The monoisotopic (exact) mass is 300 g/mol. The highest BCUT2D eigenvalue weighted by atomic mass is 16.3. The molecule has 5 nitrogen and oxygen atoms in total. The molecule has 2 N–H and O–H groups in total. The Bertz CT molecular complexity index is 573. The van der Waals surface area contributed by atoms with E-state index < -0.39 is 0 Å². The third-order valence-electron chi connectivity index (χ3n) is 4.12. The molecule has 0 amide bonds. The van der Waals surface area contributed by atoms with E-state index in [0.717, 1.165) is 12.2 Å². The van der Waals surface area contributed by atoms with Crippen LogP contribution in [0.1, 0.15) is 24.8 Å². The highest BCUT2D eigenvalue weighted by Crippen LogP contribution is 2.20. The Kier molecular flexibility index (Phi) is 4.96. The molecule has 3 rings (SSSR count). The van der Waals surface area contributed by atoms with Gasteiger partial charge >= 0.3 is 0 Å². The number of hydrogen-bond acceptors (Lipinski definition) is 4. The van der Waals surface area contributed by atoms with Crippen molar-refractivity contribution >= 4 is 11.4 Å². The van der Waals surface area contributed by atoms with E-state index in [-0.39, 0.29) is 6.61 Å². The van der Waals surface area contributed by atoms with E-state index in [2.05, 4.69) is 39.6 Å². The molecule has 2 heterocycles. The fourth-order valence-electron chi connectivity index (χ4n) is 2.86. The summed E-state index contributed by atoms with van der Waals surface area (Å²) in [4.78, 5) is 2.47. The second kappa shape index (κ2) is 7.31. The predicted molar refractivity (Wildman–Crippen MR) is 89.1 cm³/mol. The Hall–Kier alpha value is -2.01. The minimum absolute atomic E-state index is 0.110. The van der Waals surface area contributed by atoms with Gasteiger partial charge in [-0.2, -0.15) is 5.10 Å². The van der Waals surface area contributed by atoms with Gasteiger partial charge in [0.1, 0.15) is 0 Å². The molecule has 1 aromatic carbocycles. The molecule has 0 atom stereocenters. The second-order valence-corrected chi connectivity index (χ2v) is 5.78. The first kappa shape index (κ1) is 14.9. The van der Waals surface area contributed by atoms with Gasteiger partial charge in [0.2, 0.25) is 0 Å². The summed E-state index contributed by atoms with van der Waals surface area (Å²) in [5, 5.41) is 16.4. The van der Waals surface area contributed by atoms with E-state index in [1.807, 2.05) is 6.20 Å². The first-order chi connectivity index (χ1) is 10.8. The zero-order valence-electron chi connectivity index (χ0n) is 12.9. The van der Waals surface area contributed by atoms with Gasteiger partial charge < -0.3 is 15.3 Å². The average molecular weight is 300 g/mol. The van der Waals surface area contributed by atoms with Crippen LogP contribution in [-0.4, -0.2) is 34.6 Å². The minimum atomic E-state index is 0.110. The molecule has 1 saturated heterocycles. The average Bonchev–Trinajstić information content (AvgIpc) is 3.02. The molecule has 1 aliphatic heterocycles. The maximum absolute atomic E-state index is 8.89. The smallest absolute Gasteiger partial charge is 0.0729 e. The molecule has 1 aliphatic rings. The van der Waals surface area contributed by atoms with Crippen LogP contribution in [0.2, 0.25) is 0 Å². The zero-order valence-corrected chi connectivity index (χ0v) is 12.9. The van der Waals surface area contributed by atoms with Crippen molar-refractivity contribution < 1.29 is 5.11 Å². The van der Waals surface area contributed by atoms with Crippen LogP contribution in [0.4, 0.5) is 11.4 Å². The highest BCUT2D eigenvalue weighted by Gasteiger charge is 2.10. The normalized spacial score (nSPS) is 15.0. The first-order valence-electron chi connectivity index (χ1n) is 8.06. The lowest BCUT2D eigenvalue weighted by molar-refractivity contribution is 0.269. The number of nitrogens with zero attached hydrogens (tertiary/aromatic N) is 3. The number of piperidine rings is 1. The van der Waals surface area contributed by atoms with Crippen LogP contribution < -0.4 is 10.2 Å². The second-order valence-electron chi connectivity index (χ2n) is 5.78. The third-order valence-corrected chi connectivity index (χ3v) is 4.12. The Morgan fingerprint density at radius 1 is 1.09 bits per heavy atom. The molecule has 0 spiro atoms. The van der Waals surface area contributed by atoms with Gasteiger partial charge in [-0.05, 0) is 37.0 Å². The van der Waals surface area contributed by atoms with Gasteiger partial charge in [-0.1, -0.05) is 12.1 Å². The zero-order chi connectivity index (χ0) is 15.2. The lowest BCUT2D eigenvalue weighted by Crippen LogP contribution is -2.29. The molecular weight excluding hydrogens is 276 g/mol. The Labute approximate surface area is 131 Å². The number of aliphatic hydroxyl groups is 1. The van der Waals surface area contributed by atoms with E-state index in [4.69, 9.17) is 5.11 Å². The number of rotatable bonds is 6. The fourth-order valence-corrected chi connectivity index (χ4v) is 2.86. The summed E-state index contributed by atoms with van der Waals surface area (Å²) in [7, 11) is 0. The molecule has 5 heteroatoms. The van der Waals surface area contributed by atoms with Crippen LogP contribution in [0.5, 0.6) is 0 Å². The lowest BCUT2D eigenvalue weighted by atomic mass is 10.1. The van der Waals surface area contributed by atoms with Crippen LogP contribution in [0, 0.1) is 0 Å². The van der Waals surface area contributed by atoms with Crippen molar-refractivity contribution in [3.63, 3.8) is 0 Å². The maximum atomic E-state index is 8.89. The number of anilines is 2. The number of aromatic nitrogens is 2. The van der Waals surface area contributed by atoms with Gasteiger partial charge in [-0.3, -0.25) is 4.68 Å². The largest absolute Gasteiger partial charge is 0.394 e. The van der Waals surface area contributed by atoms with Gasteiger partial charge in [0.25, 0.3) is 0 Å². The molecule has 2 aromatic rings. The summed E-state index contributed by atoms with van der Waals surface area (Å²) >= 11 is 0. The number of aliphatic hydroxyl groups excluding tert-OH is 1. The van der Waals surface area contributed by atoms with E-state index in [1.165, 1.54) is 43.6 Å². The summed E-state index contributed by atoms with van der Waals surface area (Å²) in [5.74, 6) is 0. The maximum Gasteiger partial charge on any atom is 0.0729 e. The molecule has 1 aromatic heterocycles. The molecule has 0 aliphatic carbocycles. The quantitative estimate of drug-likeness (QED) is 0.860. The highest BCUT2D eigenvalue weighted by molar-refractivity contribution is 5.48. The van der Waals surface area contributed by atoms with Gasteiger partial charge in [0, 0.05) is 31.5 Å². The van der Waals surface area contributed by atoms with Gasteiger partial charge in [-0.15, -0.1) is 0 Å². The molecule has 0 bridgehead atoms. The van der Waals surface area contributed by atoms with Gasteiger partial charge in [0.05, 0.1) is 25.0 Å². The molecule has 118 valence electrons. The summed E-state index contributed by atoms with van der Waals surface area (Å²) < 4.78 is 1.74. The Balaban J connectivity index is 1.54. The summed E-state index contributed by atoms with van der Waals surface area (Å²) in [6.45, 7) is 3.79. The molecule has 0 radical (unpaired) electrons. The van der Waals surface area contributed by atoms with Crippen LogP contribution >= 0.6 is 0 Å². The summed E-state index contributed by atoms with van der Waals surface area (Å²) in [6.07, 6.45) is 7.68. The van der Waals surface area contributed by atoms with Crippen LogP contribution in [-0.2, 0) is 13.1 Å². The summed E-state index contributed by atoms with van der Waals surface area (Å²) in [6, 6.07) is 8.82. The van der Waals surface area contributed by atoms with Crippen molar-refractivity contribution in [3.8, 4) is 0 Å². The van der Waals surface area contributed by atoms with E-state index in [1.54, 1.807) is 10.9 Å². The fraction of sp³-hybridized carbons (Fsp3) is 0.471. The molecule has 0 unspecified atom stereocenters. The number of hydrogen-bond donors (Lipinski definition) is 2. The molecular formula is C17H24N4O. The van der Waals surface area contributed by atoms with Crippen molar-refractivity contribution in [2.75, 3.05) is 29.9 Å². The standard InChI is InChI=1S/C17H24N4O/c22-11-10-21-14-16(13-19-21)18-12-15-4-6-17(7-5-15)20-8-2-1-3-9-20/h4-7,13-14,18,22H,1-3,8-12H2. The van der Waals surface area contributed by atoms with Crippen LogP contribution in [0.25, 0.3) is 0 Å². The van der Waals surface area contributed by atoms with Crippen molar-refractivity contribution in [2.24, 2.45) is 0 Å². The summed E-state index contributed by atoms with van der Waals surface area (Å²) in [5.41, 5.74) is 3.57. The molecule has 1 fully saturated rings. The lowest BCUT2D eigenvalue weighted by Gasteiger charge is -2.28. The SMILES string of the molecule is OCCn1cc(NCc2ccc(N3CCCCC3)cc2)cn1. The third kappa shape index (κ3) is 3.80. The molecule has 22 heavy (non-hydrogen) atoms. The van der Waals surface area contributed by atoms with Crippen LogP contribution in [0.3, 0.4) is 0 Å². The number of nitrogens with one attached hydrogen (secondary N) is 1. The van der Waals surface area contributed by atoms with Crippen molar-refractivity contribution in [2.45, 2.75) is 32.4 Å². The van der Waals surface area contributed by atoms with Gasteiger partial charge in [0.15, 0.2) is 0 Å². The number of benzene rings is 1. The van der Waals surface area contributed by atoms with E-state index in [9.17, 15) is 0 Å². The molecule has 0 saturated carbocycles. The van der Waals surface area contributed by atoms with Gasteiger partial charge in [-0.25, -0.2) is 0 Å². The van der Waals surface area contributed by atoms with Crippen molar-refractivity contribution in [3.05, 3.63) is 42.2 Å². The predicted octanol–water partition coefficient (Wildman–Crippen LogP) is 2.48. The Morgan fingerprint density at radius 2 is 1.86 bits per heavy atom. The Morgan fingerprint density at radius 3 is 2.59 bits per heavy atom. The van der Waals surface area contributed by atoms with Crippen LogP contribution in [0.15, 0.2) is 36.7 Å². The topological polar surface area (TPSA) is 53.3 Å². The first-order valence-corrected chi connectivity index (χ1v) is 8.06. The van der Waals surface area contributed by atoms with Crippen molar-refractivity contribution in [1.82, 2.24) is 9.78 Å².